The van der Waals surface area contributed by atoms with Crippen molar-refractivity contribution in [2.24, 2.45) is 13.0 Å². The molecule has 3 rings (SSSR count). The molecule has 6 nitrogen and oxygen atoms in total. The number of rotatable bonds is 2. The van der Waals surface area contributed by atoms with Crippen LogP contribution in [0.4, 0.5) is 5.82 Å². The van der Waals surface area contributed by atoms with Crippen LogP contribution < -0.4 is 4.90 Å². The highest BCUT2D eigenvalue weighted by Gasteiger charge is 2.38. The highest BCUT2D eigenvalue weighted by molar-refractivity contribution is 5.89. The van der Waals surface area contributed by atoms with Crippen LogP contribution in [0, 0.1) is 5.92 Å². The second-order valence-electron chi connectivity index (χ2n) is 5.10. The van der Waals surface area contributed by atoms with E-state index < -0.39 is 12.0 Å². The maximum atomic E-state index is 11.4. The van der Waals surface area contributed by atoms with Crippen molar-refractivity contribution in [1.82, 2.24) is 14.5 Å². The first-order valence-corrected chi connectivity index (χ1v) is 6.35. The lowest BCUT2D eigenvalue weighted by molar-refractivity contribution is -0.139. The Bertz CT molecular complexity index is 637. The smallest absolute Gasteiger partial charge is 0.326 e. The Morgan fingerprint density at radius 2 is 2.26 bits per heavy atom. The predicted molar refractivity (Wildman–Crippen MR) is 71.1 cm³/mol. The number of aliphatic carboxylic acids is 1. The number of nitrogens with zero attached hydrogens (tertiary/aromatic N) is 4. The van der Waals surface area contributed by atoms with Crippen molar-refractivity contribution < 1.29 is 9.90 Å². The van der Waals surface area contributed by atoms with Gasteiger partial charge in [-0.2, -0.15) is 0 Å². The van der Waals surface area contributed by atoms with Gasteiger partial charge in [-0.1, -0.05) is 6.92 Å². The van der Waals surface area contributed by atoms with E-state index >= 15 is 0 Å². The van der Waals surface area contributed by atoms with E-state index in [1.807, 2.05) is 29.5 Å². The van der Waals surface area contributed by atoms with Gasteiger partial charge in [0.15, 0.2) is 5.82 Å². The summed E-state index contributed by atoms with van der Waals surface area (Å²) in [5.74, 6) is 0.00727. The molecule has 6 heteroatoms. The number of aromatic nitrogens is 3. The summed E-state index contributed by atoms with van der Waals surface area (Å²) in [6.07, 6.45) is 4.30. The molecule has 100 valence electrons. The van der Waals surface area contributed by atoms with E-state index in [0.717, 1.165) is 17.5 Å². The molecule has 3 heterocycles. The Labute approximate surface area is 110 Å². The number of fused-ring (bicyclic) bond motifs is 1. The second-order valence-corrected chi connectivity index (χ2v) is 5.10. The number of anilines is 1. The third-order valence-electron chi connectivity index (χ3n) is 3.85. The Morgan fingerprint density at radius 3 is 3.00 bits per heavy atom. The third kappa shape index (κ3) is 1.75. The molecule has 2 aromatic rings. The minimum atomic E-state index is -0.792. The zero-order valence-corrected chi connectivity index (χ0v) is 10.9. The standard InChI is InChI=1S/C13H16N4O2/c1-8-4-6-17(11(8)13(18)19)12-10-9(3-5-14-12)16(2)7-15-10/h3,5,7-8,11H,4,6H2,1-2H3,(H,18,19). The summed E-state index contributed by atoms with van der Waals surface area (Å²) >= 11 is 0. The fourth-order valence-electron chi connectivity index (χ4n) is 2.82. The number of aryl methyl sites for hydroxylation is 1. The van der Waals surface area contributed by atoms with E-state index in [1.165, 1.54) is 0 Å². The average Bonchev–Trinajstić information content (AvgIpc) is 2.93. The molecule has 0 amide bonds. The molecule has 0 aromatic carbocycles. The summed E-state index contributed by atoms with van der Waals surface area (Å²) in [7, 11) is 1.92. The molecule has 2 unspecified atom stereocenters. The minimum absolute atomic E-state index is 0.123. The lowest BCUT2D eigenvalue weighted by Crippen LogP contribution is -2.39. The van der Waals surface area contributed by atoms with Crippen LogP contribution in [0.15, 0.2) is 18.6 Å². The molecule has 0 saturated carbocycles. The van der Waals surface area contributed by atoms with E-state index in [4.69, 9.17) is 0 Å². The molecule has 1 aliphatic heterocycles. The maximum Gasteiger partial charge on any atom is 0.326 e. The van der Waals surface area contributed by atoms with Crippen LogP contribution in [0.1, 0.15) is 13.3 Å². The van der Waals surface area contributed by atoms with Gasteiger partial charge in [0.05, 0.1) is 11.8 Å². The van der Waals surface area contributed by atoms with Crippen LogP contribution in [0.25, 0.3) is 11.0 Å². The second kappa shape index (κ2) is 4.22. The molecule has 1 aliphatic rings. The van der Waals surface area contributed by atoms with Gasteiger partial charge in [0, 0.05) is 19.8 Å². The highest BCUT2D eigenvalue weighted by atomic mass is 16.4. The topological polar surface area (TPSA) is 71.2 Å². The van der Waals surface area contributed by atoms with Crippen LogP contribution in [-0.4, -0.2) is 38.2 Å². The number of carboxylic acids is 1. The van der Waals surface area contributed by atoms with E-state index in [9.17, 15) is 9.90 Å². The number of imidazole rings is 1. The lowest BCUT2D eigenvalue weighted by Gasteiger charge is -2.24. The van der Waals surface area contributed by atoms with Gasteiger partial charge in [0.1, 0.15) is 11.6 Å². The van der Waals surface area contributed by atoms with Gasteiger partial charge in [-0.25, -0.2) is 14.8 Å². The molecule has 1 fully saturated rings. The minimum Gasteiger partial charge on any atom is -0.480 e. The fraction of sp³-hybridized carbons (Fsp3) is 0.462. The monoisotopic (exact) mass is 260 g/mol. The van der Waals surface area contributed by atoms with Crippen LogP contribution >= 0.6 is 0 Å². The SMILES string of the molecule is CC1CCN(c2nccc3c2ncn3C)C1C(=O)O. The molecular weight excluding hydrogens is 244 g/mol. The number of pyridine rings is 1. The number of carbonyl (C=O) groups is 1. The summed E-state index contributed by atoms with van der Waals surface area (Å²) < 4.78 is 1.91. The predicted octanol–water partition coefficient (Wildman–Crippen LogP) is 1.27. The Kier molecular flexibility index (Phi) is 2.66. The fourth-order valence-corrected chi connectivity index (χ4v) is 2.82. The zero-order chi connectivity index (χ0) is 13.6. The molecule has 1 N–H and O–H groups in total. The van der Waals surface area contributed by atoms with Crippen molar-refractivity contribution >= 4 is 22.8 Å². The van der Waals surface area contributed by atoms with Gasteiger partial charge in [-0.15, -0.1) is 0 Å². The molecule has 0 spiro atoms. The van der Waals surface area contributed by atoms with Crippen LogP contribution in [0.2, 0.25) is 0 Å². The van der Waals surface area contributed by atoms with Crippen LogP contribution in [0.3, 0.4) is 0 Å². The van der Waals surface area contributed by atoms with Gasteiger partial charge in [-0.3, -0.25) is 0 Å². The average molecular weight is 260 g/mol. The van der Waals surface area contributed by atoms with Crippen molar-refractivity contribution in [2.75, 3.05) is 11.4 Å². The summed E-state index contributed by atoms with van der Waals surface area (Å²) in [4.78, 5) is 22.0. The molecule has 2 atom stereocenters. The lowest BCUT2D eigenvalue weighted by atomic mass is 10.0. The largest absolute Gasteiger partial charge is 0.480 e. The Hall–Kier alpha value is -2.11. The summed E-state index contributed by atoms with van der Waals surface area (Å²) in [6.45, 7) is 2.68. The summed E-state index contributed by atoms with van der Waals surface area (Å²) in [5, 5.41) is 9.40. The van der Waals surface area contributed by atoms with Gasteiger partial charge in [0.25, 0.3) is 0 Å². The molecule has 1 saturated heterocycles. The Balaban J connectivity index is 2.11. The van der Waals surface area contributed by atoms with Gasteiger partial charge in [0.2, 0.25) is 0 Å². The first-order chi connectivity index (χ1) is 9.09. The number of hydrogen-bond acceptors (Lipinski definition) is 4. The Morgan fingerprint density at radius 1 is 1.47 bits per heavy atom. The molecule has 0 bridgehead atoms. The normalized spacial score (nSPS) is 23.2. The molecular formula is C13H16N4O2. The van der Waals surface area contributed by atoms with E-state index in [0.29, 0.717) is 12.4 Å². The summed E-state index contributed by atoms with van der Waals surface area (Å²) in [5.41, 5.74) is 1.74. The third-order valence-corrected chi connectivity index (χ3v) is 3.85. The van der Waals surface area contributed by atoms with E-state index in [2.05, 4.69) is 9.97 Å². The van der Waals surface area contributed by atoms with Gasteiger partial charge in [-0.05, 0) is 18.4 Å². The first-order valence-electron chi connectivity index (χ1n) is 6.35. The van der Waals surface area contributed by atoms with Crippen molar-refractivity contribution in [1.29, 1.82) is 0 Å². The van der Waals surface area contributed by atoms with Crippen molar-refractivity contribution in [3.63, 3.8) is 0 Å². The van der Waals surface area contributed by atoms with Crippen molar-refractivity contribution in [3.8, 4) is 0 Å². The van der Waals surface area contributed by atoms with Gasteiger partial charge >= 0.3 is 5.97 Å². The van der Waals surface area contributed by atoms with Crippen LogP contribution in [0.5, 0.6) is 0 Å². The van der Waals surface area contributed by atoms with E-state index in [1.54, 1.807) is 12.5 Å². The zero-order valence-electron chi connectivity index (χ0n) is 10.9. The summed E-state index contributed by atoms with van der Waals surface area (Å²) in [6, 6.07) is 1.38. The quantitative estimate of drug-likeness (QED) is 0.880. The molecule has 2 aromatic heterocycles. The first kappa shape index (κ1) is 12.0. The van der Waals surface area contributed by atoms with Crippen molar-refractivity contribution in [2.45, 2.75) is 19.4 Å². The highest BCUT2D eigenvalue weighted by Crippen LogP contribution is 2.32. The maximum absolute atomic E-state index is 11.4. The number of hydrogen-bond donors (Lipinski definition) is 1. The molecule has 0 aliphatic carbocycles. The molecule has 0 radical (unpaired) electrons. The van der Waals surface area contributed by atoms with Crippen molar-refractivity contribution in [3.05, 3.63) is 18.6 Å². The number of carboxylic acid groups (broad SMARTS) is 1. The van der Waals surface area contributed by atoms with Crippen LogP contribution in [-0.2, 0) is 11.8 Å². The molecule has 19 heavy (non-hydrogen) atoms. The van der Waals surface area contributed by atoms with E-state index in [-0.39, 0.29) is 5.92 Å². The van der Waals surface area contributed by atoms with Gasteiger partial charge < -0.3 is 14.6 Å².